The van der Waals surface area contributed by atoms with Crippen molar-refractivity contribution in [3.8, 4) is 0 Å². The van der Waals surface area contributed by atoms with Gasteiger partial charge in [0.25, 0.3) is 0 Å². The van der Waals surface area contributed by atoms with Gasteiger partial charge in [0.1, 0.15) is 5.82 Å². The first-order valence-corrected chi connectivity index (χ1v) is 6.40. The Morgan fingerprint density at radius 3 is 2.89 bits per heavy atom. The van der Waals surface area contributed by atoms with Crippen LogP contribution in [0.2, 0.25) is 0 Å². The fraction of sp³-hybridized carbons (Fsp3) is 0.462. The second-order valence-corrected chi connectivity index (χ2v) is 4.46. The standard InChI is InChI=1S/C13H18FN5/c1-3-7-15-12(9-13-16-18-19(2)17-13)10-5-4-6-11(14)8-10/h4-6,8,12,15H,3,7,9H2,1-2H3. The molecule has 2 rings (SSSR count). The van der Waals surface area contributed by atoms with Gasteiger partial charge in [-0.2, -0.15) is 4.80 Å². The second kappa shape index (κ2) is 6.38. The summed E-state index contributed by atoms with van der Waals surface area (Å²) in [6.07, 6.45) is 1.61. The summed E-state index contributed by atoms with van der Waals surface area (Å²) in [6.45, 7) is 2.96. The predicted molar refractivity (Wildman–Crippen MR) is 69.9 cm³/mol. The Morgan fingerprint density at radius 1 is 1.42 bits per heavy atom. The molecule has 19 heavy (non-hydrogen) atoms. The number of nitrogens with one attached hydrogen (secondary N) is 1. The number of hydrogen-bond donors (Lipinski definition) is 1. The minimum Gasteiger partial charge on any atom is -0.310 e. The van der Waals surface area contributed by atoms with Gasteiger partial charge in [0.15, 0.2) is 5.82 Å². The summed E-state index contributed by atoms with van der Waals surface area (Å²) in [4.78, 5) is 1.43. The van der Waals surface area contributed by atoms with E-state index < -0.39 is 0 Å². The van der Waals surface area contributed by atoms with Crippen LogP contribution < -0.4 is 5.32 Å². The predicted octanol–water partition coefficient (Wildman–Crippen LogP) is 1.63. The molecular formula is C13H18FN5. The molecule has 0 aliphatic heterocycles. The lowest BCUT2D eigenvalue weighted by molar-refractivity contribution is 0.512. The SMILES string of the molecule is CCCNC(Cc1nnn(C)n1)c1cccc(F)c1. The van der Waals surface area contributed by atoms with Crippen LogP contribution in [0.4, 0.5) is 4.39 Å². The fourth-order valence-corrected chi connectivity index (χ4v) is 1.94. The quantitative estimate of drug-likeness (QED) is 0.860. The second-order valence-electron chi connectivity index (χ2n) is 4.46. The summed E-state index contributed by atoms with van der Waals surface area (Å²) < 4.78 is 13.3. The van der Waals surface area contributed by atoms with Gasteiger partial charge in [-0.25, -0.2) is 4.39 Å². The van der Waals surface area contributed by atoms with E-state index in [2.05, 4.69) is 27.7 Å². The van der Waals surface area contributed by atoms with Crippen LogP contribution in [0.5, 0.6) is 0 Å². The molecule has 0 amide bonds. The molecule has 0 saturated heterocycles. The highest BCUT2D eigenvalue weighted by Crippen LogP contribution is 2.17. The topological polar surface area (TPSA) is 55.6 Å². The van der Waals surface area contributed by atoms with Gasteiger partial charge in [0.05, 0.1) is 7.05 Å². The summed E-state index contributed by atoms with van der Waals surface area (Å²) >= 11 is 0. The van der Waals surface area contributed by atoms with E-state index in [0.29, 0.717) is 12.2 Å². The molecule has 0 spiro atoms. The highest BCUT2D eigenvalue weighted by Gasteiger charge is 2.15. The largest absolute Gasteiger partial charge is 0.310 e. The first-order chi connectivity index (χ1) is 9.19. The molecule has 1 N–H and O–H groups in total. The Morgan fingerprint density at radius 2 is 2.26 bits per heavy atom. The lowest BCUT2D eigenvalue weighted by Gasteiger charge is -2.17. The maximum atomic E-state index is 13.3. The highest BCUT2D eigenvalue weighted by molar-refractivity contribution is 5.21. The van der Waals surface area contributed by atoms with E-state index in [0.717, 1.165) is 18.5 Å². The molecule has 2 aromatic rings. The first kappa shape index (κ1) is 13.6. The number of aryl methyl sites for hydroxylation is 1. The van der Waals surface area contributed by atoms with Crippen LogP contribution in [0.3, 0.4) is 0 Å². The molecule has 102 valence electrons. The van der Waals surface area contributed by atoms with Gasteiger partial charge < -0.3 is 5.32 Å². The third-order valence-corrected chi connectivity index (χ3v) is 2.83. The van der Waals surface area contributed by atoms with E-state index in [1.54, 1.807) is 19.2 Å². The number of tetrazole rings is 1. The normalized spacial score (nSPS) is 12.6. The Hall–Kier alpha value is -1.82. The van der Waals surface area contributed by atoms with E-state index in [9.17, 15) is 4.39 Å². The van der Waals surface area contributed by atoms with Gasteiger partial charge in [-0.05, 0) is 35.9 Å². The molecule has 1 atom stereocenters. The van der Waals surface area contributed by atoms with Crippen molar-refractivity contribution in [3.63, 3.8) is 0 Å². The maximum absolute atomic E-state index is 13.3. The number of halogens is 1. The van der Waals surface area contributed by atoms with Gasteiger partial charge in [-0.3, -0.25) is 0 Å². The monoisotopic (exact) mass is 263 g/mol. The third kappa shape index (κ3) is 3.82. The number of rotatable bonds is 6. The molecule has 0 radical (unpaired) electrons. The summed E-state index contributed by atoms with van der Waals surface area (Å²) in [5.41, 5.74) is 0.904. The summed E-state index contributed by atoms with van der Waals surface area (Å²) in [5, 5.41) is 15.3. The molecule has 1 aromatic heterocycles. The van der Waals surface area contributed by atoms with Crippen LogP contribution in [-0.4, -0.2) is 26.8 Å². The van der Waals surface area contributed by atoms with Gasteiger partial charge in [0.2, 0.25) is 0 Å². The Balaban J connectivity index is 2.15. The molecule has 5 nitrogen and oxygen atoms in total. The van der Waals surface area contributed by atoms with E-state index in [1.165, 1.54) is 10.9 Å². The minimum atomic E-state index is -0.229. The molecule has 0 bridgehead atoms. The lowest BCUT2D eigenvalue weighted by atomic mass is 10.0. The summed E-state index contributed by atoms with van der Waals surface area (Å²) in [6, 6.07) is 6.62. The molecule has 0 aliphatic carbocycles. The minimum absolute atomic E-state index is 0.000139. The van der Waals surface area contributed by atoms with Crippen LogP contribution in [0.25, 0.3) is 0 Å². The molecule has 0 aliphatic rings. The van der Waals surface area contributed by atoms with E-state index in [1.807, 2.05) is 6.07 Å². The van der Waals surface area contributed by atoms with Crippen molar-refractivity contribution in [1.82, 2.24) is 25.5 Å². The van der Waals surface area contributed by atoms with Crippen LogP contribution in [0.1, 0.15) is 30.8 Å². The maximum Gasteiger partial charge on any atom is 0.176 e. The van der Waals surface area contributed by atoms with Gasteiger partial charge in [-0.15, -0.1) is 10.2 Å². The van der Waals surface area contributed by atoms with Gasteiger partial charge in [0, 0.05) is 12.5 Å². The molecule has 1 aromatic carbocycles. The van der Waals surface area contributed by atoms with Gasteiger partial charge >= 0.3 is 0 Å². The molecule has 0 fully saturated rings. The van der Waals surface area contributed by atoms with Crippen LogP contribution in [-0.2, 0) is 13.5 Å². The number of nitrogens with zero attached hydrogens (tertiary/aromatic N) is 4. The third-order valence-electron chi connectivity index (χ3n) is 2.83. The molecule has 6 heteroatoms. The summed E-state index contributed by atoms with van der Waals surface area (Å²) in [5.74, 6) is 0.424. The van der Waals surface area contributed by atoms with Crippen LogP contribution in [0.15, 0.2) is 24.3 Å². The fourth-order valence-electron chi connectivity index (χ4n) is 1.94. The van der Waals surface area contributed by atoms with Crippen molar-refractivity contribution in [2.24, 2.45) is 7.05 Å². The Bertz CT molecular complexity index is 525. The van der Waals surface area contributed by atoms with E-state index in [4.69, 9.17) is 0 Å². The van der Waals surface area contributed by atoms with Crippen molar-refractivity contribution < 1.29 is 4.39 Å². The zero-order valence-corrected chi connectivity index (χ0v) is 11.2. The average Bonchev–Trinajstić information content (AvgIpc) is 2.80. The average molecular weight is 263 g/mol. The van der Waals surface area contributed by atoms with Crippen molar-refractivity contribution in [2.45, 2.75) is 25.8 Å². The van der Waals surface area contributed by atoms with E-state index >= 15 is 0 Å². The molecule has 1 unspecified atom stereocenters. The van der Waals surface area contributed by atoms with Crippen molar-refractivity contribution in [3.05, 3.63) is 41.5 Å². The summed E-state index contributed by atoms with van der Waals surface area (Å²) in [7, 11) is 1.73. The Kier molecular flexibility index (Phi) is 4.57. The highest BCUT2D eigenvalue weighted by atomic mass is 19.1. The number of benzene rings is 1. The smallest absolute Gasteiger partial charge is 0.176 e. The van der Waals surface area contributed by atoms with Crippen LogP contribution in [0, 0.1) is 5.82 Å². The van der Waals surface area contributed by atoms with Crippen molar-refractivity contribution in [1.29, 1.82) is 0 Å². The number of hydrogen-bond acceptors (Lipinski definition) is 4. The zero-order valence-electron chi connectivity index (χ0n) is 11.2. The zero-order chi connectivity index (χ0) is 13.7. The van der Waals surface area contributed by atoms with Gasteiger partial charge in [-0.1, -0.05) is 19.1 Å². The Labute approximate surface area is 111 Å². The van der Waals surface area contributed by atoms with E-state index in [-0.39, 0.29) is 11.9 Å². The molecule has 0 saturated carbocycles. The lowest BCUT2D eigenvalue weighted by Crippen LogP contribution is -2.24. The van der Waals surface area contributed by atoms with Crippen molar-refractivity contribution >= 4 is 0 Å². The van der Waals surface area contributed by atoms with Crippen LogP contribution >= 0.6 is 0 Å². The van der Waals surface area contributed by atoms with Crippen molar-refractivity contribution in [2.75, 3.05) is 6.54 Å². The molecule has 1 heterocycles. The molecular weight excluding hydrogens is 245 g/mol. The first-order valence-electron chi connectivity index (χ1n) is 6.40. The number of aromatic nitrogens is 4.